The number of rotatable bonds is 4. The Labute approximate surface area is 86.5 Å². The monoisotopic (exact) mass is 209 g/mol. The molecule has 5 heteroatoms. The van der Waals surface area contributed by atoms with Crippen LogP contribution in [0, 0.1) is 17.0 Å². The lowest BCUT2D eigenvalue weighted by Gasteiger charge is -2.01. The van der Waals surface area contributed by atoms with Crippen molar-refractivity contribution in [3.63, 3.8) is 0 Å². The molecule has 0 amide bonds. The number of aliphatic carboxylic acids is 1. The lowest BCUT2D eigenvalue weighted by Crippen LogP contribution is -1.99. The zero-order chi connectivity index (χ0) is 11.4. The third-order valence-electron chi connectivity index (χ3n) is 2.10. The molecule has 0 radical (unpaired) electrons. The Morgan fingerprint density at radius 1 is 1.53 bits per heavy atom. The van der Waals surface area contributed by atoms with Crippen LogP contribution >= 0.6 is 0 Å². The zero-order valence-electron chi connectivity index (χ0n) is 8.27. The van der Waals surface area contributed by atoms with Crippen LogP contribution in [0.4, 0.5) is 5.69 Å². The van der Waals surface area contributed by atoms with Crippen molar-refractivity contribution in [3.8, 4) is 0 Å². The maximum atomic E-state index is 10.6. The average molecular weight is 209 g/mol. The summed E-state index contributed by atoms with van der Waals surface area (Å²) in [7, 11) is 0. The lowest BCUT2D eigenvalue weighted by atomic mass is 10.1. The fraction of sp³-hybridized carbons (Fsp3) is 0.300. The normalized spacial score (nSPS) is 9.93. The maximum Gasteiger partial charge on any atom is 0.303 e. The van der Waals surface area contributed by atoms with Crippen molar-refractivity contribution >= 4 is 11.7 Å². The van der Waals surface area contributed by atoms with Crippen LogP contribution in [0.25, 0.3) is 0 Å². The SMILES string of the molecule is Cc1ccc(CCC(=O)O)cc1[N+](=O)[O-]. The summed E-state index contributed by atoms with van der Waals surface area (Å²) in [5.41, 5.74) is 1.30. The van der Waals surface area contributed by atoms with Gasteiger partial charge in [0.25, 0.3) is 5.69 Å². The number of hydrogen-bond donors (Lipinski definition) is 1. The van der Waals surface area contributed by atoms with E-state index in [-0.39, 0.29) is 12.1 Å². The summed E-state index contributed by atoms with van der Waals surface area (Å²) in [6.07, 6.45) is 0.302. The topological polar surface area (TPSA) is 80.4 Å². The van der Waals surface area contributed by atoms with Crippen molar-refractivity contribution in [3.05, 3.63) is 39.4 Å². The Bertz CT molecular complexity index is 400. The highest BCUT2D eigenvalue weighted by Gasteiger charge is 2.11. The first-order valence-corrected chi connectivity index (χ1v) is 4.46. The quantitative estimate of drug-likeness (QED) is 0.606. The zero-order valence-corrected chi connectivity index (χ0v) is 8.27. The van der Waals surface area contributed by atoms with E-state index >= 15 is 0 Å². The molecule has 15 heavy (non-hydrogen) atoms. The first-order valence-electron chi connectivity index (χ1n) is 4.46. The van der Waals surface area contributed by atoms with E-state index in [2.05, 4.69) is 0 Å². The summed E-state index contributed by atoms with van der Waals surface area (Å²) >= 11 is 0. The number of carboxylic acids is 1. The van der Waals surface area contributed by atoms with E-state index in [0.717, 1.165) is 0 Å². The van der Waals surface area contributed by atoms with Crippen LogP contribution in [0.2, 0.25) is 0 Å². The number of nitro groups is 1. The fourth-order valence-electron chi connectivity index (χ4n) is 1.26. The Kier molecular flexibility index (Phi) is 3.38. The van der Waals surface area contributed by atoms with Crippen LogP contribution in [-0.2, 0) is 11.2 Å². The molecule has 0 bridgehead atoms. The summed E-state index contributed by atoms with van der Waals surface area (Å²) in [6, 6.07) is 4.78. The van der Waals surface area contributed by atoms with Gasteiger partial charge in [-0.2, -0.15) is 0 Å². The van der Waals surface area contributed by atoms with E-state index < -0.39 is 10.9 Å². The van der Waals surface area contributed by atoms with Crippen molar-refractivity contribution in [2.24, 2.45) is 0 Å². The Morgan fingerprint density at radius 3 is 2.73 bits per heavy atom. The molecule has 5 nitrogen and oxygen atoms in total. The number of carboxylic acid groups (broad SMARTS) is 1. The first-order chi connectivity index (χ1) is 7.00. The summed E-state index contributed by atoms with van der Waals surface area (Å²) in [5, 5.41) is 19.1. The van der Waals surface area contributed by atoms with Crippen LogP contribution < -0.4 is 0 Å². The molecule has 0 fully saturated rings. The molecule has 1 N–H and O–H groups in total. The van der Waals surface area contributed by atoms with Crippen LogP contribution in [-0.4, -0.2) is 16.0 Å². The second-order valence-electron chi connectivity index (χ2n) is 3.27. The summed E-state index contributed by atoms with van der Waals surface area (Å²) in [5.74, 6) is -0.904. The van der Waals surface area contributed by atoms with Gasteiger partial charge in [-0.25, -0.2) is 0 Å². The van der Waals surface area contributed by atoms with Gasteiger partial charge in [0.2, 0.25) is 0 Å². The predicted octanol–water partition coefficient (Wildman–Crippen LogP) is 1.92. The molecule has 0 aliphatic carbocycles. The molecule has 0 atom stereocenters. The van der Waals surface area contributed by atoms with E-state index in [1.54, 1.807) is 19.1 Å². The summed E-state index contributed by atoms with van der Waals surface area (Å²) in [6.45, 7) is 1.65. The smallest absolute Gasteiger partial charge is 0.303 e. The average Bonchev–Trinajstić information content (AvgIpc) is 2.16. The van der Waals surface area contributed by atoms with E-state index in [0.29, 0.717) is 17.5 Å². The van der Waals surface area contributed by atoms with E-state index in [1.807, 2.05) is 0 Å². The third-order valence-corrected chi connectivity index (χ3v) is 2.10. The molecule has 0 saturated heterocycles. The van der Waals surface area contributed by atoms with Gasteiger partial charge < -0.3 is 5.11 Å². The largest absolute Gasteiger partial charge is 0.481 e. The van der Waals surface area contributed by atoms with E-state index in [4.69, 9.17) is 5.11 Å². The summed E-state index contributed by atoms with van der Waals surface area (Å²) in [4.78, 5) is 20.5. The van der Waals surface area contributed by atoms with Crippen molar-refractivity contribution in [2.45, 2.75) is 19.8 Å². The molecular formula is C10H11NO4. The predicted molar refractivity (Wildman–Crippen MR) is 53.8 cm³/mol. The van der Waals surface area contributed by atoms with Crippen LogP contribution in [0.15, 0.2) is 18.2 Å². The number of nitrogens with zero attached hydrogens (tertiary/aromatic N) is 1. The molecule has 0 aromatic heterocycles. The summed E-state index contributed by atoms with van der Waals surface area (Å²) < 4.78 is 0. The molecule has 0 saturated carbocycles. The highest BCUT2D eigenvalue weighted by Crippen LogP contribution is 2.19. The Balaban J connectivity index is 2.87. The third kappa shape index (κ3) is 3.05. The van der Waals surface area contributed by atoms with Gasteiger partial charge in [0.15, 0.2) is 0 Å². The second kappa shape index (κ2) is 4.54. The molecule has 0 heterocycles. The van der Waals surface area contributed by atoms with Gasteiger partial charge in [-0.3, -0.25) is 14.9 Å². The molecule has 1 aromatic rings. The van der Waals surface area contributed by atoms with E-state index in [1.165, 1.54) is 6.07 Å². The molecule has 0 aliphatic rings. The van der Waals surface area contributed by atoms with Crippen LogP contribution in [0.1, 0.15) is 17.5 Å². The molecule has 80 valence electrons. The number of aryl methyl sites for hydroxylation is 2. The highest BCUT2D eigenvalue weighted by molar-refractivity contribution is 5.67. The minimum absolute atomic E-state index is 0.0137. The minimum Gasteiger partial charge on any atom is -0.481 e. The van der Waals surface area contributed by atoms with Crippen LogP contribution in [0.3, 0.4) is 0 Å². The Hall–Kier alpha value is -1.91. The maximum absolute atomic E-state index is 10.6. The second-order valence-corrected chi connectivity index (χ2v) is 3.27. The van der Waals surface area contributed by atoms with Gasteiger partial charge in [-0.05, 0) is 18.9 Å². The first kappa shape index (κ1) is 11.2. The van der Waals surface area contributed by atoms with Crippen molar-refractivity contribution in [1.29, 1.82) is 0 Å². The molecular weight excluding hydrogens is 198 g/mol. The van der Waals surface area contributed by atoms with E-state index in [9.17, 15) is 14.9 Å². The van der Waals surface area contributed by atoms with Crippen molar-refractivity contribution < 1.29 is 14.8 Å². The number of nitro benzene ring substituents is 1. The molecule has 0 aliphatic heterocycles. The standard InChI is InChI=1S/C10H11NO4/c1-7-2-3-8(4-5-10(12)13)6-9(7)11(14)15/h2-3,6H,4-5H2,1H3,(H,12,13). The van der Waals surface area contributed by atoms with Gasteiger partial charge in [-0.1, -0.05) is 12.1 Å². The van der Waals surface area contributed by atoms with Gasteiger partial charge in [0.05, 0.1) is 4.92 Å². The van der Waals surface area contributed by atoms with Gasteiger partial charge in [0, 0.05) is 18.1 Å². The highest BCUT2D eigenvalue weighted by atomic mass is 16.6. The minimum atomic E-state index is -0.904. The van der Waals surface area contributed by atoms with Crippen LogP contribution in [0.5, 0.6) is 0 Å². The number of carbonyl (C=O) groups is 1. The number of hydrogen-bond acceptors (Lipinski definition) is 3. The molecule has 0 spiro atoms. The molecule has 1 aromatic carbocycles. The van der Waals surface area contributed by atoms with Gasteiger partial charge in [-0.15, -0.1) is 0 Å². The Morgan fingerprint density at radius 2 is 2.20 bits per heavy atom. The number of benzene rings is 1. The van der Waals surface area contributed by atoms with Crippen molar-refractivity contribution in [2.75, 3.05) is 0 Å². The molecule has 0 unspecified atom stereocenters. The fourth-order valence-corrected chi connectivity index (χ4v) is 1.26. The van der Waals surface area contributed by atoms with Gasteiger partial charge >= 0.3 is 5.97 Å². The van der Waals surface area contributed by atoms with Crippen molar-refractivity contribution in [1.82, 2.24) is 0 Å². The van der Waals surface area contributed by atoms with Gasteiger partial charge in [0.1, 0.15) is 0 Å². The lowest BCUT2D eigenvalue weighted by molar-refractivity contribution is -0.385. The molecule has 1 rings (SSSR count).